The van der Waals surface area contributed by atoms with Crippen molar-refractivity contribution >= 4 is 23.5 Å². The van der Waals surface area contributed by atoms with Crippen LogP contribution in [-0.4, -0.2) is 36.2 Å². The highest BCUT2D eigenvalue weighted by molar-refractivity contribution is 5.98. The Hall–Kier alpha value is -4.02. The maximum absolute atomic E-state index is 12.2. The van der Waals surface area contributed by atoms with Gasteiger partial charge in [-0.1, -0.05) is 0 Å². The van der Waals surface area contributed by atoms with E-state index in [1.807, 2.05) is 0 Å². The molecule has 0 aromatic heterocycles. The maximum Gasteiger partial charge on any atom is 0.311 e. The molecular formula is C16H14N4O7. The van der Waals surface area contributed by atoms with Crippen molar-refractivity contribution in [1.82, 2.24) is 5.43 Å². The number of nitrogens with one attached hydrogen (secondary N) is 1. The van der Waals surface area contributed by atoms with Gasteiger partial charge in [-0.2, -0.15) is 5.10 Å². The summed E-state index contributed by atoms with van der Waals surface area (Å²) in [6, 6.07) is 7.68. The topological polar surface area (TPSA) is 146 Å². The molecule has 0 radical (unpaired) electrons. The Kier molecular flexibility index (Phi) is 5.99. The lowest BCUT2D eigenvalue weighted by molar-refractivity contribution is -0.385. The molecule has 0 atom stereocenters. The quantitative estimate of drug-likeness (QED) is 0.444. The number of nitrogens with zero attached hydrogens (tertiary/aromatic N) is 3. The molecule has 0 saturated carbocycles. The van der Waals surface area contributed by atoms with E-state index < -0.39 is 15.8 Å². The van der Waals surface area contributed by atoms with E-state index in [2.05, 4.69) is 10.5 Å². The van der Waals surface area contributed by atoms with Crippen molar-refractivity contribution in [2.45, 2.75) is 0 Å². The van der Waals surface area contributed by atoms with Gasteiger partial charge in [-0.15, -0.1) is 0 Å². The Labute approximate surface area is 152 Å². The smallest absolute Gasteiger partial charge is 0.311 e. The Morgan fingerprint density at radius 1 is 1.04 bits per heavy atom. The van der Waals surface area contributed by atoms with E-state index >= 15 is 0 Å². The van der Waals surface area contributed by atoms with E-state index in [0.29, 0.717) is 5.56 Å². The van der Waals surface area contributed by atoms with Crippen molar-refractivity contribution in [3.05, 3.63) is 67.8 Å². The van der Waals surface area contributed by atoms with Gasteiger partial charge < -0.3 is 9.47 Å². The largest absolute Gasteiger partial charge is 0.496 e. The van der Waals surface area contributed by atoms with Crippen molar-refractivity contribution in [2.75, 3.05) is 14.2 Å². The van der Waals surface area contributed by atoms with Gasteiger partial charge in [0.25, 0.3) is 11.6 Å². The number of ether oxygens (including phenoxy) is 2. The molecule has 0 aliphatic carbocycles. The molecule has 0 aliphatic heterocycles. The van der Waals surface area contributed by atoms with Crippen LogP contribution in [0.5, 0.6) is 11.5 Å². The van der Waals surface area contributed by atoms with E-state index in [1.54, 1.807) is 0 Å². The zero-order chi connectivity index (χ0) is 20.0. The van der Waals surface area contributed by atoms with E-state index in [-0.39, 0.29) is 28.4 Å². The zero-order valence-electron chi connectivity index (χ0n) is 14.2. The second-order valence-corrected chi connectivity index (χ2v) is 5.03. The molecule has 0 fully saturated rings. The summed E-state index contributed by atoms with van der Waals surface area (Å²) >= 11 is 0. The van der Waals surface area contributed by atoms with Gasteiger partial charge in [0.15, 0.2) is 5.75 Å². The summed E-state index contributed by atoms with van der Waals surface area (Å²) in [6.07, 6.45) is 1.19. The number of rotatable bonds is 7. The van der Waals surface area contributed by atoms with Gasteiger partial charge in [0, 0.05) is 23.8 Å². The summed E-state index contributed by atoms with van der Waals surface area (Å²) in [6.45, 7) is 0. The molecule has 0 saturated heterocycles. The zero-order valence-corrected chi connectivity index (χ0v) is 14.2. The first-order valence-electron chi connectivity index (χ1n) is 7.35. The van der Waals surface area contributed by atoms with E-state index in [1.165, 1.54) is 50.8 Å². The Morgan fingerprint density at radius 2 is 1.70 bits per heavy atom. The molecule has 11 nitrogen and oxygen atoms in total. The van der Waals surface area contributed by atoms with Crippen LogP contribution in [0.15, 0.2) is 41.5 Å². The minimum atomic E-state index is -0.741. The van der Waals surface area contributed by atoms with Crippen molar-refractivity contribution < 1.29 is 24.1 Å². The number of non-ortho nitro benzene ring substituents is 1. The van der Waals surface area contributed by atoms with Crippen LogP contribution in [0.2, 0.25) is 0 Å². The summed E-state index contributed by atoms with van der Waals surface area (Å²) in [5.41, 5.74) is 1.92. The molecular weight excluding hydrogens is 360 g/mol. The van der Waals surface area contributed by atoms with Gasteiger partial charge in [0.05, 0.1) is 35.8 Å². The van der Waals surface area contributed by atoms with Gasteiger partial charge in [-0.3, -0.25) is 25.0 Å². The van der Waals surface area contributed by atoms with Crippen LogP contribution in [-0.2, 0) is 0 Å². The number of hydrazone groups is 1. The highest BCUT2D eigenvalue weighted by Crippen LogP contribution is 2.27. The highest BCUT2D eigenvalue weighted by atomic mass is 16.6. The predicted octanol–water partition coefficient (Wildman–Crippen LogP) is 2.28. The van der Waals surface area contributed by atoms with Gasteiger partial charge in [0.1, 0.15) is 5.75 Å². The van der Waals surface area contributed by atoms with E-state index in [4.69, 9.17) is 9.47 Å². The average molecular weight is 374 g/mol. The third kappa shape index (κ3) is 4.54. The van der Waals surface area contributed by atoms with Gasteiger partial charge >= 0.3 is 5.69 Å². The number of nitro benzene ring substituents is 2. The van der Waals surface area contributed by atoms with Crippen LogP contribution in [0.25, 0.3) is 0 Å². The van der Waals surface area contributed by atoms with Crippen LogP contribution >= 0.6 is 0 Å². The molecule has 0 unspecified atom stereocenters. The molecule has 2 aromatic rings. The first-order chi connectivity index (χ1) is 12.9. The second kappa shape index (κ2) is 8.38. The van der Waals surface area contributed by atoms with Crippen LogP contribution in [0.1, 0.15) is 15.9 Å². The number of amides is 1. The first-order valence-corrected chi connectivity index (χ1v) is 7.35. The molecule has 2 aromatic carbocycles. The minimum Gasteiger partial charge on any atom is -0.496 e. The number of methoxy groups -OCH3 is 2. The van der Waals surface area contributed by atoms with Crippen molar-refractivity contribution in [3.63, 3.8) is 0 Å². The lowest BCUT2D eigenvalue weighted by Gasteiger charge is -2.06. The summed E-state index contributed by atoms with van der Waals surface area (Å²) in [5, 5.41) is 25.6. The molecule has 27 heavy (non-hydrogen) atoms. The highest BCUT2D eigenvalue weighted by Gasteiger charge is 2.17. The van der Waals surface area contributed by atoms with E-state index in [9.17, 15) is 25.0 Å². The summed E-state index contributed by atoms with van der Waals surface area (Å²) in [7, 11) is 2.63. The lowest BCUT2D eigenvalue weighted by atomic mass is 10.1. The van der Waals surface area contributed by atoms with Gasteiger partial charge in [-0.25, -0.2) is 5.43 Å². The number of carbonyl (C=O) groups excluding carboxylic acids is 1. The Morgan fingerprint density at radius 3 is 2.30 bits per heavy atom. The molecule has 11 heteroatoms. The van der Waals surface area contributed by atoms with Crippen LogP contribution in [0, 0.1) is 20.2 Å². The third-order valence-electron chi connectivity index (χ3n) is 3.42. The lowest BCUT2D eigenvalue weighted by Crippen LogP contribution is -2.18. The molecule has 0 spiro atoms. The number of hydrogen-bond acceptors (Lipinski definition) is 8. The van der Waals surface area contributed by atoms with Gasteiger partial charge in [-0.05, 0) is 18.2 Å². The monoisotopic (exact) mass is 374 g/mol. The molecule has 0 heterocycles. The van der Waals surface area contributed by atoms with Crippen LogP contribution < -0.4 is 14.9 Å². The Balaban J connectivity index is 2.20. The first kappa shape index (κ1) is 19.3. The fourth-order valence-electron chi connectivity index (χ4n) is 2.14. The number of hydrogen-bond donors (Lipinski definition) is 1. The maximum atomic E-state index is 12.2. The molecule has 1 N–H and O–H groups in total. The second-order valence-electron chi connectivity index (χ2n) is 5.03. The summed E-state index contributed by atoms with van der Waals surface area (Å²) < 4.78 is 9.90. The molecule has 140 valence electrons. The van der Waals surface area contributed by atoms with Crippen LogP contribution in [0.3, 0.4) is 0 Å². The summed E-state index contributed by atoms with van der Waals surface area (Å²) in [5.74, 6) is -0.522. The standard InChI is InChI=1S/C16H14N4O7/c1-26-14-6-4-11(19(22)23)8-12(14)16(21)18-17-9-10-3-5-15(27-2)13(7-10)20(24)25/h3-9H,1-2H3,(H,18,21)/b17-9-. The SMILES string of the molecule is COc1ccc([N+](=O)[O-])cc1C(=O)N/N=C\c1ccc(OC)c([N+](=O)[O-])c1. The normalized spacial score (nSPS) is 10.4. The van der Waals surface area contributed by atoms with Gasteiger partial charge in [0.2, 0.25) is 0 Å². The number of benzene rings is 2. The molecule has 0 bridgehead atoms. The Bertz CT molecular complexity index is 927. The number of nitro groups is 2. The van der Waals surface area contributed by atoms with Crippen LogP contribution in [0.4, 0.5) is 11.4 Å². The van der Waals surface area contributed by atoms with Crippen molar-refractivity contribution in [1.29, 1.82) is 0 Å². The molecule has 0 aliphatic rings. The van der Waals surface area contributed by atoms with E-state index in [0.717, 1.165) is 6.07 Å². The fourth-order valence-corrected chi connectivity index (χ4v) is 2.14. The average Bonchev–Trinajstić information content (AvgIpc) is 2.67. The molecule has 1 amide bonds. The fraction of sp³-hybridized carbons (Fsp3) is 0.125. The summed E-state index contributed by atoms with van der Waals surface area (Å²) in [4.78, 5) is 32.8. The number of carbonyl (C=O) groups is 1. The van der Waals surface area contributed by atoms with Crippen molar-refractivity contribution in [3.8, 4) is 11.5 Å². The predicted molar refractivity (Wildman–Crippen MR) is 94.4 cm³/mol. The third-order valence-corrected chi connectivity index (χ3v) is 3.42. The minimum absolute atomic E-state index is 0.0791. The van der Waals surface area contributed by atoms with Crippen molar-refractivity contribution in [2.24, 2.45) is 5.10 Å². The molecule has 2 rings (SSSR count).